The second-order valence-electron chi connectivity index (χ2n) is 6.60. The van der Waals surface area contributed by atoms with E-state index in [9.17, 15) is 0 Å². The fourth-order valence-corrected chi connectivity index (χ4v) is 5.36. The van der Waals surface area contributed by atoms with E-state index in [0.717, 1.165) is 35.6 Å². The molecule has 0 aromatic rings. The number of hydrogen-bond acceptors (Lipinski definition) is 1. The third-order valence-electron chi connectivity index (χ3n) is 5.94. The van der Waals surface area contributed by atoms with Crippen LogP contribution in [-0.2, 0) is 0 Å². The third kappa shape index (κ3) is 1.39. The molecule has 0 aliphatic heterocycles. The Bertz CT molecular complexity index is 250. The van der Waals surface area contributed by atoms with Gasteiger partial charge in [0, 0.05) is 0 Å². The maximum atomic E-state index is 5.74. The lowest BCUT2D eigenvalue weighted by molar-refractivity contribution is 0.232. The zero-order chi connectivity index (χ0) is 10.5. The maximum absolute atomic E-state index is 5.74. The van der Waals surface area contributed by atoms with Crippen molar-refractivity contribution in [2.45, 2.75) is 51.9 Å². The number of hydrogen-bond donors (Lipinski definition) is 1. The molecule has 3 rings (SSSR count). The van der Waals surface area contributed by atoms with Crippen LogP contribution in [0.25, 0.3) is 0 Å². The summed E-state index contributed by atoms with van der Waals surface area (Å²) in [5.74, 6) is 4.23. The molecule has 3 aliphatic rings. The van der Waals surface area contributed by atoms with E-state index in [1.54, 1.807) is 0 Å². The van der Waals surface area contributed by atoms with Crippen molar-refractivity contribution in [3.8, 4) is 0 Å². The minimum atomic E-state index is 0.739. The lowest BCUT2D eigenvalue weighted by Gasteiger charge is -2.26. The molecule has 86 valence electrons. The molecule has 0 spiro atoms. The van der Waals surface area contributed by atoms with Gasteiger partial charge in [0.05, 0.1) is 0 Å². The first kappa shape index (κ1) is 10.1. The van der Waals surface area contributed by atoms with Gasteiger partial charge in [-0.3, -0.25) is 0 Å². The minimum Gasteiger partial charge on any atom is -0.330 e. The number of fused-ring (bicyclic) bond motifs is 3. The van der Waals surface area contributed by atoms with Crippen molar-refractivity contribution in [3.63, 3.8) is 0 Å². The number of nitrogens with two attached hydrogens (primary N) is 1. The van der Waals surface area contributed by atoms with Crippen LogP contribution in [0.4, 0.5) is 0 Å². The molecule has 0 radical (unpaired) electrons. The molecule has 5 unspecified atom stereocenters. The SMILES string of the molecule is CC12CCCC1C1CCC(CCN)C1C2. The summed E-state index contributed by atoms with van der Waals surface area (Å²) in [6, 6.07) is 0. The molecule has 3 aliphatic carbocycles. The number of rotatable bonds is 2. The Morgan fingerprint density at radius 1 is 1.20 bits per heavy atom. The predicted octanol–water partition coefficient (Wildman–Crippen LogP) is 3.19. The Morgan fingerprint density at radius 3 is 2.87 bits per heavy atom. The van der Waals surface area contributed by atoms with Gasteiger partial charge in [-0.15, -0.1) is 0 Å². The van der Waals surface area contributed by atoms with E-state index in [0.29, 0.717) is 0 Å². The van der Waals surface area contributed by atoms with E-state index in [1.165, 1.54) is 44.9 Å². The Hall–Kier alpha value is -0.0400. The molecule has 0 heterocycles. The van der Waals surface area contributed by atoms with Gasteiger partial charge in [0.15, 0.2) is 0 Å². The van der Waals surface area contributed by atoms with E-state index in [1.807, 2.05) is 0 Å². The monoisotopic (exact) mass is 207 g/mol. The van der Waals surface area contributed by atoms with Gasteiger partial charge in [0.1, 0.15) is 0 Å². The van der Waals surface area contributed by atoms with Crippen molar-refractivity contribution in [1.29, 1.82) is 0 Å². The molecule has 0 aromatic carbocycles. The molecule has 0 bridgehead atoms. The highest BCUT2D eigenvalue weighted by Gasteiger charge is 2.56. The van der Waals surface area contributed by atoms with Gasteiger partial charge in [-0.05, 0) is 74.2 Å². The highest BCUT2D eigenvalue weighted by Crippen LogP contribution is 2.64. The summed E-state index contributed by atoms with van der Waals surface area (Å²) in [5.41, 5.74) is 6.48. The molecule has 2 N–H and O–H groups in total. The van der Waals surface area contributed by atoms with Crippen molar-refractivity contribution >= 4 is 0 Å². The summed E-state index contributed by atoms with van der Waals surface area (Å²) in [6.45, 7) is 3.48. The Kier molecular flexibility index (Phi) is 2.35. The maximum Gasteiger partial charge on any atom is -0.00745 e. The highest BCUT2D eigenvalue weighted by molar-refractivity contribution is 5.05. The van der Waals surface area contributed by atoms with E-state index in [4.69, 9.17) is 5.73 Å². The lowest BCUT2D eigenvalue weighted by Crippen LogP contribution is -2.18. The molecular formula is C14H25N. The first-order valence-electron chi connectivity index (χ1n) is 6.95. The quantitative estimate of drug-likeness (QED) is 0.739. The Morgan fingerprint density at radius 2 is 2.07 bits per heavy atom. The van der Waals surface area contributed by atoms with Crippen LogP contribution in [-0.4, -0.2) is 6.54 Å². The average molecular weight is 207 g/mol. The third-order valence-corrected chi connectivity index (χ3v) is 5.94. The molecule has 1 heteroatoms. The van der Waals surface area contributed by atoms with Crippen LogP contribution < -0.4 is 5.73 Å². The van der Waals surface area contributed by atoms with Crippen LogP contribution in [0.15, 0.2) is 0 Å². The summed E-state index contributed by atoms with van der Waals surface area (Å²) in [7, 11) is 0. The molecule has 3 saturated carbocycles. The second-order valence-corrected chi connectivity index (χ2v) is 6.60. The molecule has 1 nitrogen and oxygen atoms in total. The van der Waals surface area contributed by atoms with E-state index >= 15 is 0 Å². The van der Waals surface area contributed by atoms with Crippen LogP contribution in [0.2, 0.25) is 0 Å². The van der Waals surface area contributed by atoms with Crippen molar-refractivity contribution in [2.75, 3.05) is 6.54 Å². The molecule has 0 aromatic heterocycles. The fourth-order valence-electron chi connectivity index (χ4n) is 5.36. The van der Waals surface area contributed by atoms with Crippen LogP contribution >= 0.6 is 0 Å². The van der Waals surface area contributed by atoms with Crippen LogP contribution in [0.1, 0.15) is 51.9 Å². The van der Waals surface area contributed by atoms with E-state index in [2.05, 4.69) is 6.92 Å². The first-order chi connectivity index (χ1) is 7.24. The van der Waals surface area contributed by atoms with E-state index in [-0.39, 0.29) is 0 Å². The van der Waals surface area contributed by atoms with Crippen molar-refractivity contribution in [3.05, 3.63) is 0 Å². The van der Waals surface area contributed by atoms with Crippen LogP contribution in [0.5, 0.6) is 0 Å². The zero-order valence-electron chi connectivity index (χ0n) is 10.0. The van der Waals surface area contributed by atoms with Crippen LogP contribution in [0.3, 0.4) is 0 Å². The zero-order valence-corrected chi connectivity index (χ0v) is 10.0. The lowest BCUT2D eigenvalue weighted by atomic mass is 9.79. The second kappa shape index (κ2) is 3.48. The average Bonchev–Trinajstić information content (AvgIpc) is 2.78. The predicted molar refractivity (Wildman–Crippen MR) is 63.4 cm³/mol. The molecule has 0 amide bonds. The van der Waals surface area contributed by atoms with Gasteiger partial charge in [-0.1, -0.05) is 13.3 Å². The van der Waals surface area contributed by atoms with Gasteiger partial charge >= 0.3 is 0 Å². The summed E-state index contributed by atoms with van der Waals surface area (Å²) in [6.07, 6.45) is 10.4. The molecule has 5 atom stereocenters. The highest BCUT2D eigenvalue weighted by atomic mass is 14.6. The molecule has 3 fully saturated rings. The van der Waals surface area contributed by atoms with Gasteiger partial charge in [-0.2, -0.15) is 0 Å². The van der Waals surface area contributed by atoms with Gasteiger partial charge in [-0.25, -0.2) is 0 Å². The molecule has 15 heavy (non-hydrogen) atoms. The van der Waals surface area contributed by atoms with E-state index < -0.39 is 0 Å². The summed E-state index contributed by atoms with van der Waals surface area (Å²) in [5, 5.41) is 0. The summed E-state index contributed by atoms with van der Waals surface area (Å²) in [4.78, 5) is 0. The topological polar surface area (TPSA) is 26.0 Å². The van der Waals surface area contributed by atoms with Gasteiger partial charge in [0.2, 0.25) is 0 Å². The summed E-state index contributed by atoms with van der Waals surface area (Å²) >= 11 is 0. The first-order valence-corrected chi connectivity index (χ1v) is 6.95. The van der Waals surface area contributed by atoms with Crippen molar-refractivity contribution in [1.82, 2.24) is 0 Å². The normalized spacial score (nSPS) is 53.2. The largest absolute Gasteiger partial charge is 0.330 e. The standard InChI is InChI=1S/C14H25N/c1-14-7-2-3-13(14)11-5-4-10(6-8-15)12(11)9-14/h10-13H,2-9,15H2,1H3. The smallest absolute Gasteiger partial charge is 0.00745 e. The minimum absolute atomic E-state index is 0.739. The van der Waals surface area contributed by atoms with Crippen molar-refractivity contribution < 1.29 is 0 Å². The molecular weight excluding hydrogens is 182 g/mol. The van der Waals surface area contributed by atoms with Gasteiger partial charge in [0.25, 0.3) is 0 Å². The van der Waals surface area contributed by atoms with Crippen LogP contribution in [0, 0.1) is 29.1 Å². The van der Waals surface area contributed by atoms with Crippen molar-refractivity contribution in [2.24, 2.45) is 34.8 Å². The molecule has 0 saturated heterocycles. The fraction of sp³-hybridized carbons (Fsp3) is 1.00. The van der Waals surface area contributed by atoms with Gasteiger partial charge < -0.3 is 5.73 Å². The Labute approximate surface area is 93.8 Å². The summed E-state index contributed by atoms with van der Waals surface area (Å²) < 4.78 is 0. The Balaban J connectivity index is 1.77.